The Kier molecular flexibility index (Phi) is 3.65. The zero-order chi connectivity index (χ0) is 15.8. The van der Waals surface area contributed by atoms with Crippen molar-refractivity contribution in [3.8, 4) is 5.69 Å². The summed E-state index contributed by atoms with van der Waals surface area (Å²) in [7, 11) is 0. The van der Waals surface area contributed by atoms with Crippen LogP contribution in [-0.2, 0) is 0 Å². The number of thioether (sulfide) groups is 1. The molecule has 118 valence electrons. The molecule has 0 unspecified atom stereocenters. The molecule has 1 aliphatic carbocycles. The Labute approximate surface area is 136 Å². The minimum absolute atomic E-state index is 0.257. The summed E-state index contributed by atoms with van der Waals surface area (Å²) < 4.78 is 16.5. The summed E-state index contributed by atoms with van der Waals surface area (Å²) in [5.74, 6) is 1.38. The van der Waals surface area contributed by atoms with Gasteiger partial charge in [0.15, 0.2) is 5.16 Å². The maximum absolute atomic E-state index is 13.4. The molecule has 0 N–H and O–H groups in total. The Balaban J connectivity index is 1.70. The predicted molar refractivity (Wildman–Crippen MR) is 86.6 cm³/mol. The molecule has 0 spiro atoms. The van der Waals surface area contributed by atoms with Crippen LogP contribution in [0.3, 0.4) is 0 Å². The molecule has 1 fully saturated rings. The Morgan fingerprint density at radius 2 is 2.13 bits per heavy atom. The minimum atomic E-state index is -0.382. The molecule has 0 atom stereocenters. The molecule has 2 aromatic heterocycles. The number of halogens is 1. The van der Waals surface area contributed by atoms with E-state index in [1.165, 1.54) is 36.0 Å². The van der Waals surface area contributed by atoms with Gasteiger partial charge in [0.05, 0.1) is 5.69 Å². The van der Waals surface area contributed by atoms with Crippen molar-refractivity contribution in [2.75, 3.05) is 5.75 Å². The van der Waals surface area contributed by atoms with Gasteiger partial charge in [-0.1, -0.05) is 24.2 Å². The molecule has 23 heavy (non-hydrogen) atoms. The van der Waals surface area contributed by atoms with Crippen LogP contribution in [0, 0.1) is 11.7 Å². The van der Waals surface area contributed by atoms with E-state index >= 15 is 0 Å². The van der Waals surface area contributed by atoms with Crippen LogP contribution in [0.1, 0.15) is 19.3 Å². The second-order valence-electron chi connectivity index (χ2n) is 5.74. The summed E-state index contributed by atoms with van der Waals surface area (Å²) in [6.07, 6.45) is 7.24. The third kappa shape index (κ3) is 2.65. The number of hydrogen-bond donors (Lipinski definition) is 0. The summed E-state index contributed by atoms with van der Waals surface area (Å²) in [5, 5.41) is 8.87. The van der Waals surface area contributed by atoms with Crippen LogP contribution in [0.4, 0.5) is 4.39 Å². The van der Waals surface area contributed by atoms with Gasteiger partial charge in [0, 0.05) is 18.1 Å². The number of fused-ring (bicyclic) bond motifs is 1. The van der Waals surface area contributed by atoms with E-state index in [9.17, 15) is 9.18 Å². The van der Waals surface area contributed by atoms with Gasteiger partial charge in [0.25, 0.3) is 0 Å². The number of rotatable bonds is 4. The minimum Gasteiger partial charge on any atom is -0.279 e. The van der Waals surface area contributed by atoms with Crippen LogP contribution in [0.2, 0.25) is 0 Å². The smallest absolute Gasteiger partial charge is 0.279 e. The van der Waals surface area contributed by atoms with E-state index < -0.39 is 0 Å². The Morgan fingerprint density at radius 3 is 2.87 bits per heavy atom. The maximum Gasteiger partial charge on any atom is 0.300 e. The lowest BCUT2D eigenvalue weighted by molar-refractivity contribution is 0.353. The van der Waals surface area contributed by atoms with E-state index in [2.05, 4.69) is 10.2 Å². The summed E-state index contributed by atoms with van der Waals surface area (Å²) >= 11 is 1.63. The number of nitrogens with zero attached hydrogens (tertiary/aromatic N) is 4. The molecule has 0 bridgehead atoms. The van der Waals surface area contributed by atoms with E-state index in [0.717, 1.165) is 16.8 Å². The largest absolute Gasteiger partial charge is 0.300 e. The van der Waals surface area contributed by atoms with Crippen molar-refractivity contribution in [2.24, 2.45) is 5.92 Å². The zero-order valence-corrected chi connectivity index (χ0v) is 13.2. The van der Waals surface area contributed by atoms with Gasteiger partial charge in [-0.25, -0.2) is 4.39 Å². The van der Waals surface area contributed by atoms with Crippen molar-refractivity contribution in [1.82, 2.24) is 19.2 Å². The molecule has 3 aromatic rings. The summed E-state index contributed by atoms with van der Waals surface area (Å²) in [6, 6.07) is 5.93. The Morgan fingerprint density at radius 1 is 1.26 bits per heavy atom. The lowest BCUT2D eigenvalue weighted by atomic mass is 9.87. The second kappa shape index (κ2) is 5.81. The van der Waals surface area contributed by atoms with Crippen LogP contribution >= 0.6 is 11.8 Å². The van der Waals surface area contributed by atoms with Gasteiger partial charge < -0.3 is 0 Å². The highest BCUT2D eigenvalue weighted by Gasteiger charge is 2.19. The monoisotopic (exact) mass is 330 g/mol. The molecule has 1 aliphatic rings. The molecule has 2 heterocycles. The SMILES string of the molecule is O=c1c2nnc(SCC3CCC3)n2ccn1-c1cccc(F)c1. The van der Waals surface area contributed by atoms with Crippen molar-refractivity contribution in [3.63, 3.8) is 0 Å². The van der Waals surface area contributed by atoms with Crippen molar-refractivity contribution in [3.05, 3.63) is 52.8 Å². The molecule has 1 aromatic carbocycles. The van der Waals surface area contributed by atoms with Crippen molar-refractivity contribution in [2.45, 2.75) is 24.4 Å². The van der Waals surface area contributed by atoms with E-state index in [-0.39, 0.29) is 17.0 Å². The van der Waals surface area contributed by atoms with Crippen molar-refractivity contribution < 1.29 is 4.39 Å². The van der Waals surface area contributed by atoms with Gasteiger partial charge in [-0.15, -0.1) is 10.2 Å². The molecule has 4 rings (SSSR count). The number of hydrogen-bond acceptors (Lipinski definition) is 4. The molecule has 5 nitrogen and oxygen atoms in total. The van der Waals surface area contributed by atoms with E-state index in [1.54, 1.807) is 40.7 Å². The van der Waals surface area contributed by atoms with Crippen LogP contribution < -0.4 is 5.56 Å². The molecule has 1 saturated carbocycles. The molecule has 0 amide bonds. The van der Waals surface area contributed by atoms with E-state index in [0.29, 0.717) is 5.69 Å². The van der Waals surface area contributed by atoms with Crippen LogP contribution in [0.15, 0.2) is 46.6 Å². The topological polar surface area (TPSA) is 52.2 Å². The van der Waals surface area contributed by atoms with Gasteiger partial charge in [-0.05, 0) is 37.0 Å². The zero-order valence-electron chi connectivity index (χ0n) is 12.4. The third-order valence-electron chi connectivity index (χ3n) is 4.20. The fourth-order valence-electron chi connectivity index (χ4n) is 2.65. The van der Waals surface area contributed by atoms with Crippen LogP contribution in [0.25, 0.3) is 11.3 Å². The molecule has 0 saturated heterocycles. The average molecular weight is 330 g/mol. The first kappa shape index (κ1) is 14.4. The molecular weight excluding hydrogens is 315 g/mol. The van der Waals surface area contributed by atoms with Gasteiger partial charge >= 0.3 is 5.56 Å². The third-order valence-corrected chi connectivity index (χ3v) is 5.37. The predicted octanol–water partition coefficient (Wildman–Crippen LogP) is 2.91. The van der Waals surface area contributed by atoms with E-state index in [4.69, 9.17) is 0 Å². The summed E-state index contributed by atoms with van der Waals surface area (Å²) in [4.78, 5) is 12.6. The lowest BCUT2D eigenvalue weighted by Gasteiger charge is -2.24. The first-order valence-corrected chi connectivity index (χ1v) is 8.56. The number of benzene rings is 1. The van der Waals surface area contributed by atoms with Gasteiger partial charge in [0.2, 0.25) is 5.65 Å². The first-order valence-electron chi connectivity index (χ1n) is 7.57. The van der Waals surface area contributed by atoms with E-state index in [1.807, 2.05) is 0 Å². The number of aromatic nitrogens is 4. The molecule has 0 radical (unpaired) electrons. The maximum atomic E-state index is 13.4. The van der Waals surface area contributed by atoms with Crippen LogP contribution in [-0.4, -0.2) is 24.9 Å². The van der Waals surface area contributed by atoms with Crippen molar-refractivity contribution >= 4 is 17.4 Å². The van der Waals surface area contributed by atoms with Gasteiger partial charge in [-0.3, -0.25) is 13.8 Å². The Bertz CT molecular complexity index is 916. The Hall–Kier alpha value is -2.15. The highest BCUT2D eigenvalue weighted by molar-refractivity contribution is 7.99. The fourth-order valence-corrected chi connectivity index (χ4v) is 3.75. The molecular formula is C16H15FN4OS. The average Bonchev–Trinajstić information content (AvgIpc) is 2.90. The fraction of sp³-hybridized carbons (Fsp3) is 0.312. The highest BCUT2D eigenvalue weighted by atomic mass is 32.2. The molecule has 0 aliphatic heterocycles. The van der Waals surface area contributed by atoms with Gasteiger partial charge in [0.1, 0.15) is 5.82 Å². The standard InChI is InChI=1S/C16H15FN4OS/c17-12-5-2-6-13(9-12)20-7-8-21-14(15(20)22)18-19-16(21)23-10-11-3-1-4-11/h2,5-9,11H,1,3-4,10H2. The summed E-state index contributed by atoms with van der Waals surface area (Å²) in [6.45, 7) is 0. The van der Waals surface area contributed by atoms with Crippen LogP contribution in [0.5, 0.6) is 0 Å². The highest BCUT2D eigenvalue weighted by Crippen LogP contribution is 2.31. The normalized spacial score (nSPS) is 15.0. The quantitative estimate of drug-likeness (QED) is 0.690. The summed E-state index contributed by atoms with van der Waals surface area (Å²) in [5.41, 5.74) is 0.429. The first-order chi connectivity index (χ1) is 11.2. The second-order valence-corrected chi connectivity index (χ2v) is 6.72. The molecule has 7 heteroatoms. The van der Waals surface area contributed by atoms with Gasteiger partial charge in [-0.2, -0.15) is 0 Å². The van der Waals surface area contributed by atoms with Crippen molar-refractivity contribution in [1.29, 1.82) is 0 Å². The lowest BCUT2D eigenvalue weighted by Crippen LogP contribution is -2.20.